The Morgan fingerprint density at radius 2 is 1.23 bits per heavy atom. The van der Waals surface area contributed by atoms with E-state index in [0.717, 1.165) is 18.8 Å². The van der Waals surface area contributed by atoms with E-state index in [-0.39, 0.29) is 0 Å². The summed E-state index contributed by atoms with van der Waals surface area (Å²) in [4.78, 5) is 0. The fraction of sp³-hybridized carbons (Fsp3) is 0.846. The van der Waals surface area contributed by atoms with Gasteiger partial charge < -0.3 is 0 Å². The molecular formula is C13H26. The van der Waals surface area contributed by atoms with Crippen molar-refractivity contribution in [3.8, 4) is 0 Å². The van der Waals surface area contributed by atoms with E-state index in [1.807, 2.05) is 0 Å². The Balaban J connectivity index is 3.05. The SMILES string of the molecule is [CH2]CCCCCC(C)CCCC[CH2]. The summed E-state index contributed by atoms with van der Waals surface area (Å²) in [6, 6.07) is 0. The van der Waals surface area contributed by atoms with E-state index in [2.05, 4.69) is 20.8 Å². The van der Waals surface area contributed by atoms with Crippen LogP contribution in [0.2, 0.25) is 0 Å². The molecule has 1 unspecified atom stereocenters. The zero-order valence-corrected chi connectivity index (χ0v) is 9.36. The van der Waals surface area contributed by atoms with Crippen LogP contribution in [0.1, 0.15) is 64.7 Å². The van der Waals surface area contributed by atoms with E-state index in [0.29, 0.717) is 0 Å². The summed E-state index contributed by atoms with van der Waals surface area (Å²) in [5.41, 5.74) is 0. The third-order valence-corrected chi connectivity index (χ3v) is 2.64. The first-order valence-corrected chi connectivity index (χ1v) is 5.89. The lowest BCUT2D eigenvalue weighted by molar-refractivity contribution is 0.442. The average Bonchev–Trinajstić information content (AvgIpc) is 2.13. The summed E-state index contributed by atoms with van der Waals surface area (Å²) in [5, 5.41) is 0. The quantitative estimate of drug-likeness (QED) is 0.449. The first-order valence-electron chi connectivity index (χ1n) is 5.89. The molecule has 0 nitrogen and oxygen atoms in total. The molecule has 0 aliphatic carbocycles. The number of unbranched alkanes of at least 4 members (excludes halogenated alkanes) is 5. The molecule has 0 fully saturated rings. The van der Waals surface area contributed by atoms with Gasteiger partial charge in [0.25, 0.3) is 0 Å². The molecule has 0 aromatic carbocycles. The van der Waals surface area contributed by atoms with Gasteiger partial charge in [0.15, 0.2) is 0 Å². The predicted octanol–water partition coefficient (Wildman–Crippen LogP) is 4.80. The highest BCUT2D eigenvalue weighted by molar-refractivity contribution is 4.55. The van der Waals surface area contributed by atoms with Crippen LogP contribution in [0.15, 0.2) is 0 Å². The second-order valence-electron chi connectivity index (χ2n) is 4.16. The molecule has 1 atom stereocenters. The van der Waals surface area contributed by atoms with Crippen LogP contribution in [0.3, 0.4) is 0 Å². The fourth-order valence-electron chi connectivity index (χ4n) is 1.66. The first-order chi connectivity index (χ1) is 6.31. The third-order valence-electron chi connectivity index (χ3n) is 2.64. The van der Waals surface area contributed by atoms with Gasteiger partial charge in [-0.05, 0) is 5.92 Å². The monoisotopic (exact) mass is 182 g/mol. The van der Waals surface area contributed by atoms with Gasteiger partial charge in [-0.2, -0.15) is 0 Å². The van der Waals surface area contributed by atoms with Crippen molar-refractivity contribution in [2.45, 2.75) is 64.7 Å². The minimum atomic E-state index is 0.927. The van der Waals surface area contributed by atoms with Gasteiger partial charge in [0.1, 0.15) is 0 Å². The van der Waals surface area contributed by atoms with Crippen LogP contribution in [0.4, 0.5) is 0 Å². The molecule has 0 aliphatic rings. The molecule has 0 amide bonds. The summed E-state index contributed by atoms with van der Waals surface area (Å²) in [6.07, 6.45) is 11.8. The third kappa shape index (κ3) is 9.92. The van der Waals surface area contributed by atoms with Crippen molar-refractivity contribution in [1.82, 2.24) is 0 Å². The Hall–Kier alpha value is 0. The molecule has 13 heavy (non-hydrogen) atoms. The molecule has 0 N–H and O–H groups in total. The zero-order valence-electron chi connectivity index (χ0n) is 9.36. The van der Waals surface area contributed by atoms with Crippen LogP contribution in [0, 0.1) is 19.8 Å². The van der Waals surface area contributed by atoms with E-state index in [1.165, 1.54) is 44.9 Å². The predicted molar refractivity (Wildman–Crippen MR) is 61.4 cm³/mol. The molecular weight excluding hydrogens is 156 g/mol. The van der Waals surface area contributed by atoms with Crippen molar-refractivity contribution in [2.75, 3.05) is 0 Å². The molecule has 0 rings (SSSR count). The maximum Gasteiger partial charge on any atom is -0.0443 e. The van der Waals surface area contributed by atoms with Gasteiger partial charge in [-0.15, -0.1) is 0 Å². The lowest BCUT2D eigenvalue weighted by atomic mass is 9.97. The summed E-state index contributed by atoms with van der Waals surface area (Å²) < 4.78 is 0. The summed E-state index contributed by atoms with van der Waals surface area (Å²) in [6.45, 7) is 10.1. The van der Waals surface area contributed by atoms with E-state index in [4.69, 9.17) is 0 Å². The first kappa shape index (κ1) is 13.0. The van der Waals surface area contributed by atoms with E-state index >= 15 is 0 Å². The summed E-state index contributed by atoms with van der Waals surface area (Å²) >= 11 is 0. The van der Waals surface area contributed by atoms with Crippen molar-refractivity contribution in [3.63, 3.8) is 0 Å². The van der Waals surface area contributed by atoms with Crippen LogP contribution in [0.5, 0.6) is 0 Å². The van der Waals surface area contributed by atoms with Gasteiger partial charge in [0.05, 0.1) is 0 Å². The molecule has 2 radical (unpaired) electrons. The highest BCUT2D eigenvalue weighted by Crippen LogP contribution is 2.16. The normalized spacial score (nSPS) is 13.2. The van der Waals surface area contributed by atoms with Crippen molar-refractivity contribution < 1.29 is 0 Å². The van der Waals surface area contributed by atoms with Crippen LogP contribution in [-0.2, 0) is 0 Å². The smallest absolute Gasteiger partial charge is 0.0443 e. The van der Waals surface area contributed by atoms with Crippen LogP contribution < -0.4 is 0 Å². The van der Waals surface area contributed by atoms with Crippen molar-refractivity contribution >= 4 is 0 Å². The van der Waals surface area contributed by atoms with Gasteiger partial charge in [-0.25, -0.2) is 0 Å². The Bertz CT molecular complexity index is 86.0. The molecule has 78 valence electrons. The van der Waals surface area contributed by atoms with Gasteiger partial charge >= 0.3 is 0 Å². The lowest BCUT2D eigenvalue weighted by Crippen LogP contribution is -1.94. The number of hydrogen-bond donors (Lipinski definition) is 0. The van der Waals surface area contributed by atoms with Gasteiger partial charge in [0.2, 0.25) is 0 Å². The van der Waals surface area contributed by atoms with E-state index in [1.54, 1.807) is 0 Å². The Labute approximate surface area is 85.1 Å². The van der Waals surface area contributed by atoms with Crippen LogP contribution in [0.25, 0.3) is 0 Å². The minimum Gasteiger partial charge on any atom is -0.0625 e. The van der Waals surface area contributed by atoms with Crippen molar-refractivity contribution in [2.24, 2.45) is 5.92 Å². The maximum atomic E-state index is 3.86. The highest BCUT2D eigenvalue weighted by atomic mass is 14.1. The molecule has 0 spiro atoms. The Kier molecular flexibility index (Phi) is 10.1. The van der Waals surface area contributed by atoms with E-state index in [9.17, 15) is 0 Å². The van der Waals surface area contributed by atoms with Crippen molar-refractivity contribution in [1.29, 1.82) is 0 Å². The molecule has 0 saturated carbocycles. The summed E-state index contributed by atoms with van der Waals surface area (Å²) in [7, 11) is 0. The molecule has 0 heterocycles. The summed E-state index contributed by atoms with van der Waals surface area (Å²) in [5.74, 6) is 0.927. The standard InChI is InChI=1S/C13H26/c1-4-6-8-10-12-13(3)11-9-7-5-2/h13H,1-2,4-12H2,3H3. The molecule has 0 heteroatoms. The Morgan fingerprint density at radius 3 is 1.77 bits per heavy atom. The number of rotatable bonds is 9. The van der Waals surface area contributed by atoms with E-state index < -0.39 is 0 Å². The van der Waals surface area contributed by atoms with Crippen LogP contribution in [-0.4, -0.2) is 0 Å². The van der Waals surface area contributed by atoms with Crippen molar-refractivity contribution in [3.05, 3.63) is 13.8 Å². The molecule has 0 aliphatic heterocycles. The molecule has 0 bridgehead atoms. The highest BCUT2D eigenvalue weighted by Gasteiger charge is 2.00. The number of hydrogen-bond acceptors (Lipinski definition) is 0. The second kappa shape index (κ2) is 10.1. The Morgan fingerprint density at radius 1 is 0.769 bits per heavy atom. The van der Waals surface area contributed by atoms with Crippen LogP contribution >= 0.6 is 0 Å². The average molecular weight is 182 g/mol. The topological polar surface area (TPSA) is 0 Å². The minimum absolute atomic E-state index is 0.927. The van der Waals surface area contributed by atoms with Gasteiger partial charge in [-0.1, -0.05) is 78.6 Å². The molecule has 0 aromatic heterocycles. The zero-order chi connectivity index (χ0) is 9.94. The molecule has 0 saturated heterocycles. The fourth-order valence-corrected chi connectivity index (χ4v) is 1.66. The van der Waals surface area contributed by atoms with Gasteiger partial charge in [0, 0.05) is 0 Å². The second-order valence-corrected chi connectivity index (χ2v) is 4.16. The lowest BCUT2D eigenvalue weighted by Gasteiger charge is -2.10. The molecule has 0 aromatic rings. The largest absolute Gasteiger partial charge is 0.0625 e. The maximum absolute atomic E-state index is 3.86. The van der Waals surface area contributed by atoms with Gasteiger partial charge in [-0.3, -0.25) is 0 Å².